The second-order valence-electron chi connectivity index (χ2n) is 4.35. The molecular weight excluding hydrogens is 412 g/mol. The minimum atomic E-state index is -0.247. The summed E-state index contributed by atoms with van der Waals surface area (Å²) in [5, 5.41) is 2.62. The molecular formula is C13H10ClFIN3S. The molecule has 0 spiro atoms. The van der Waals surface area contributed by atoms with Crippen LogP contribution in [0.15, 0.2) is 23.7 Å². The predicted molar refractivity (Wildman–Crippen MR) is 87.9 cm³/mol. The van der Waals surface area contributed by atoms with Gasteiger partial charge < -0.3 is 4.57 Å². The molecule has 1 atom stereocenters. The maximum Gasteiger partial charge on any atom is 0.138 e. The number of thiazole rings is 1. The van der Waals surface area contributed by atoms with Crippen molar-refractivity contribution in [3.63, 3.8) is 0 Å². The third-order valence-electron chi connectivity index (χ3n) is 2.95. The number of fused-ring (bicyclic) bond motifs is 1. The van der Waals surface area contributed by atoms with Gasteiger partial charge in [-0.1, -0.05) is 0 Å². The average Bonchev–Trinajstić information content (AvgIpc) is 3.00. The van der Waals surface area contributed by atoms with Crippen molar-refractivity contribution in [2.75, 3.05) is 0 Å². The Morgan fingerprint density at radius 3 is 2.95 bits per heavy atom. The van der Waals surface area contributed by atoms with E-state index in [9.17, 15) is 4.39 Å². The van der Waals surface area contributed by atoms with E-state index in [0.717, 1.165) is 21.9 Å². The highest BCUT2D eigenvalue weighted by molar-refractivity contribution is 14.1. The number of benzene rings is 1. The normalized spacial score (nSPS) is 13.0. The minimum Gasteiger partial charge on any atom is -0.320 e. The first-order valence-electron chi connectivity index (χ1n) is 5.94. The fourth-order valence-electron chi connectivity index (χ4n) is 2.07. The van der Waals surface area contributed by atoms with E-state index in [1.165, 1.54) is 6.07 Å². The van der Waals surface area contributed by atoms with E-state index in [0.29, 0.717) is 10.1 Å². The van der Waals surface area contributed by atoms with Gasteiger partial charge in [0.1, 0.15) is 16.6 Å². The fraction of sp³-hybridized carbons (Fsp3) is 0.231. The molecule has 0 bridgehead atoms. The van der Waals surface area contributed by atoms with Gasteiger partial charge >= 0.3 is 0 Å². The van der Waals surface area contributed by atoms with Crippen molar-refractivity contribution in [2.45, 2.75) is 18.8 Å². The molecule has 20 heavy (non-hydrogen) atoms. The fourth-order valence-corrected chi connectivity index (χ4v) is 3.30. The van der Waals surface area contributed by atoms with Gasteiger partial charge in [-0.3, -0.25) is 0 Å². The Balaban J connectivity index is 2.20. The van der Waals surface area contributed by atoms with Gasteiger partial charge in [0, 0.05) is 17.6 Å². The van der Waals surface area contributed by atoms with Crippen molar-refractivity contribution in [1.29, 1.82) is 0 Å². The Hall–Kier alpha value is -0.730. The molecule has 1 aromatic carbocycles. The molecule has 0 fully saturated rings. The lowest BCUT2D eigenvalue weighted by molar-refractivity contribution is 0.620. The van der Waals surface area contributed by atoms with Crippen molar-refractivity contribution in [1.82, 2.24) is 14.5 Å². The van der Waals surface area contributed by atoms with Crippen molar-refractivity contribution in [2.24, 2.45) is 0 Å². The average molecular weight is 422 g/mol. The third-order valence-corrected chi connectivity index (χ3v) is 4.74. The van der Waals surface area contributed by atoms with Crippen LogP contribution in [0.2, 0.25) is 0 Å². The molecule has 0 saturated carbocycles. The molecule has 3 rings (SSSR count). The Bertz CT molecular complexity index is 755. The van der Waals surface area contributed by atoms with E-state index in [4.69, 9.17) is 11.6 Å². The molecule has 0 amide bonds. The lowest BCUT2D eigenvalue weighted by Gasteiger charge is -2.08. The Kier molecular flexibility index (Phi) is 3.96. The van der Waals surface area contributed by atoms with Crippen molar-refractivity contribution in [3.8, 4) is 0 Å². The largest absolute Gasteiger partial charge is 0.320 e. The number of aromatic nitrogens is 3. The minimum absolute atomic E-state index is 0.243. The van der Waals surface area contributed by atoms with Gasteiger partial charge in [0.05, 0.1) is 26.5 Å². The Morgan fingerprint density at radius 1 is 1.50 bits per heavy atom. The highest BCUT2D eigenvalue weighted by Crippen LogP contribution is 2.28. The van der Waals surface area contributed by atoms with Crippen molar-refractivity contribution in [3.05, 3.63) is 43.9 Å². The van der Waals surface area contributed by atoms with Crippen LogP contribution < -0.4 is 0 Å². The second-order valence-corrected chi connectivity index (χ2v) is 7.15. The van der Waals surface area contributed by atoms with Crippen LogP contribution in [0.4, 0.5) is 4.39 Å². The highest BCUT2D eigenvalue weighted by atomic mass is 127. The predicted octanol–water partition coefficient (Wildman–Crippen LogP) is 4.58. The van der Waals surface area contributed by atoms with Crippen LogP contribution in [-0.4, -0.2) is 14.5 Å². The van der Waals surface area contributed by atoms with E-state index in [-0.39, 0.29) is 11.2 Å². The van der Waals surface area contributed by atoms with Gasteiger partial charge in [0.15, 0.2) is 0 Å². The molecule has 0 N–H and O–H groups in total. The molecule has 104 valence electrons. The monoisotopic (exact) mass is 421 g/mol. The Labute approximate surface area is 137 Å². The summed E-state index contributed by atoms with van der Waals surface area (Å²) in [6.07, 6.45) is 1.76. The molecule has 3 aromatic rings. The van der Waals surface area contributed by atoms with E-state index >= 15 is 0 Å². The second kappa shape index (κ2) is 5.57. The van der Waals surface area contributed by atoms with Crippen LogP contribution in [0.25, 0.3) is 11.0 Å². The molecule has 0 aliphatic carbocycles. The molecule has 0 aliphatic heterocycles. The number of halogens is 3. The molecule has 2 heterocycles. The lowest BCUT2D eigenvalue weighted by atomic mass is 10.3. The molecule has 7 heteroatoms. The maximum absolute atomic E-state index is 13.8. The van der Waals surface area contributed by atoms with E-state index in [1.54, 1.807) is 23.6 Å². The maximum atomic E-state index is 13.8. The van der Waals surface area contributed by atoms with Crippen LogP contribution in [-0.2, 0) is 6.54 Å². The van der Waals surface area contributed by atoms with Crippen LogP contribution >= 0.6 is 45.5 Å². The summed E-state index contributed by atoms with van der Waals surface area (Å²) in [5.74, 6) is 0.491. The van der Waals surface area contributed by atoms with E-state index in [1.807, 2.05) is 39.5 Å². The zero-order valence-electron chi connectivity index (χ0n) is 10.5. The molecule has 0 radical (unpaired) electrons. The summed E-state index contributed by atoms with van der Waals surface area (Å²) in [5.41, 5.74) is 1.51. The summed E-state index contributed by atoms with van der Waals surface area (Å²) in [7, 11) is 0. The van der Waals surface area contributed by atoms with Gasteiger partial charge in [0.25, 0.3) is 0 Å². The quantitative estimate of drug-likeness (QED) is 0.458. The number of hydrogen-bond acceptors (Lipinski definition) is 3. The number of rotatable bonds is 3. The first-order valence-corrected chi connectivity index (χ1v) is 8.33. The van der Waals surface area contributed by atoms with Crippen molar-refractivity contribution >= 4 is 56.6 Å². The summed E-state index contributed by atoms with van der Waals surface area (Å²) in [6, 6.07) is 3.26. The SMILES string of the molecule is CC(Cl)c1nc2cc(I)c(F)cc2n1Cc1nccs1. The standard InChI is InChI=1S/C13H10ClFIN3S/c1-7(14)13-18-10-5-9(16)8(15)4-11(10)19(13)6-12-17-2-3-20-12/h2-5,7H,6H2,1H3. The van der Waals surface area contributed by atoms with E-state index < -0.39 is 0 Å². The zero-order chi connectivity index (χ0) is 14.3. The number of imidazole rings is 1. The van der Waals surface area contributed by atoms with Gasteiger partial charge in [-0.2, -0.15) is 0 Å². The molecule has 1 unspecified atom stereocenters. The summed E-state index contributed by atoms with van der Waals surface area (Å²) in [6.45, 7) is 2.42. The van der Waals surface area contributed by atoms with E-state index in [2.05, 4.69) is 9.97 Å². The topological polar surface area (TPSA) is 30.7 Å². The zero-order valence-corrected chi connectivity index (χ0v) is 14.2. The first-order chi connectivity index (χ1) is 9.56. The smallest absolute Gasteiger partial charge is 0.138 e. The molecule has 2 aromatic heterocycles. The number of alkyl halides is 1. The van der Waals surface area contributed by atoms with Crippen LogP contribution in [0.1, 0.15) is 23.1 Å². The van der Waals surface area contributed by atoms with Gasteiger partial charge in [-0.05, 0) is 35.6 Å². The summed E-state index contributed by atoms with van der Waals surface area (Å²) in [4.78, 5) is 8.80. The summed E-state index contributed by atoms with van der Waals surface area (Å²) >= 11 is 9.73. The molecule has 3 nitrogen and oxygen atoms in total. The van der Waals surface area contributed by atoms with Gasteiger partial charge in [-0.25, -0.2) is 14.4 Å². The summed E-state index contributed by atoms with van der Waals surface area (Å²) < 4.78 is 16.3. The highest BCUT2D eigenvalue weighted by Gasteiger charge is 2.17. The van der Waals surface area contributed by atoms with Crippen LogP contribution in [0, 0.1) is 9.39 Å². The van der Waals surface area contributed by atoms with Crippen LogP contribution in [0.5, 0.6) is 0 Å². The number of nitrogens with zero attached hydrogens (tertiary/aromatic N) is 3. The molecule has 0 saturated heterocycles. The first kappa shape index (κ1) is 14.2. The van der Waals surface area contributed by atoms with Crippen molar-refractivity contribution < 1.29 is 4.39 Å². The van der Waals surface area contributed by atoms with Gasteiger partial charge in [0.2, 0.25) is 0 Å². The van der Waals surface area contributed by atoms with Gasteiger partial charge in [-0.15, -0.1) is 22.9 Å². The molecule has 0 aliphatic rings. The Morgan fingerprint density at radius 2 is 2.30 bits per heavy atom. The van der Waals surface area contributed by atoms with Crippen LogP contribution in [0.3, 0.4) is 0 Å². The number of hydrogen-bond donors (Lipinski definition) is 0. The lowest BCUT2D eigenvalue weighted by Crippen LogP contribution is -2.05. The third kappa shape index (κ3) is 2.56.